The molecular weight excluding hydrogens is 464 g/mol. The van der Waals surface area contributed by atoms with Crippen LogP contribution in [0.5, 0.6) is 11.5 Å². The number of hydrogen-bond donors (Lipinski definition) is 0. The summed E-state index contributed by atoms with van der Waals surface area (Å²) < 4.78 is 19.2. The molecule has 1 saturated carbocycles. The third-order valence-electron chi connectivity index (χ3n) is 5.45. The van der Waals surface area contributed by atoms with Crippen LogP contribution < -0.4 is 15.0 Å². The molecule has 0 atom stereocenters. The Kier molecular flexibility index (Phi) is 5.40. The van der Waals surface area contributed by atoms with Gasteiger partial charge in [0.15, 0.2) is 11.5 Å². The third-order valence-corrected chi connectivity index (χ3v) is 6.18. The van der Waals surface area contributed by atoms with Crippen LogP contribution in [0.1, 0.15) is 36.7 Å². The molecule has 0 N–H and O–H groups in total. The van der Waals surface area contributed by atoms with Gasteiger partial charge in [-0.15, -0.1) is 0 Å². The Morgan fingerprint density at radius 2 is 1.90 bits per heavy atom. The first kappa shape index (κ1) is 20.1. The van der Waals surface area contributed by atoms with Crippen LogP contribution in [0.3, 0.4) is 0 Å². The largest absolute Gasteiger partial charge is 0.486 e. The summed E-state index contributed by atoms with van der Waals surface area (Å²) in [6.07, 6.45) is 2.45. The SMILES string of the molecule is O=C(CCc1nc2ccccc2c(=O)n1C1CC1)OCc1cc2c(cc1Br)OCCO2. The molecule has 1 aliphatic heterocycles. The number of para-hydroxylation sites is 1. The summed E-state index contributed by atoms with van der Waals surface area (Å²) in [5, 5.41) is 0.615. The summed E-state index contributed by atoms with van der Waals surface area (Å²) >= 11 is 3.49. The second-order valence-electron chi connectivity index (χ2n) is 7.70. The van der Waals surface area contributed by atoms with Crippen LogP contribution in [-0.4, -0.2) is 28.7 Å². The van der Waals surface area contributed by atoms with Crippen molar-refractivity contribution < 1.29 is 19.0 Å². The molecule has 0 saturated heterocycles. The van der Waals surface area contributed by atoms with Gasteiger partial charge in [0.25, 0.3) is 5.56 Å². The number of ether oxygens (including phenoxy) is 3. The van der Waals surface area contributed by atoms with Gasteiger partial charge < -0.3 is 14.2 Å². The number of rotatable bonds is 6. The Morgan fingerprint density at radius 1 is 1.16 bits per heavy atom. The zero-order chi connectivity index (χ0) is 21.4. The minimum Gasteiger partial charge on any atom is -0.486 e. The lowest BCUT2D eigenvalue weighted by atomic mass is 10.2. The number of benzene rings is 2. The zero-order valence-electron chi connectivity index (χ0n) is 16.8. The molecule has 0 radical (unpaired) electrons. The van der Waals surface area contributed by atoms with Gasteiger partial charge in [0.05, 0.1) is 17.3 Å². The number of esters is 1. The average molecular weight is 485 g/mol. The number of nitrogens with zero attached hydrogens (tertiary/aromatic N) is 2. The standard InChI is InChI=1S/C23H21BrN2O5/c24-17-12-20-19(29-9-10-30-20)11-14(17)13-31-22(27)8-7-21-25-18-4-2-1-3-16(18)23(28)26(21)15-5-6-15/h1-4,11-12,15H,5-10,13H2. The molecule has 1 aliphatic carbocycles. The van der Waals surface area contributed by atoms with E-state index in [-0.39, 0.29) is 30.6 Å². The first-order valence-corrected chi connectivity index (χ1v) is 11.1. The second kappa shape index (κ2) is 8.34. The van der Waals surface area contributed by atoms with Gasteiger partial charge >= 0.3 is 5.97 Å². The highest BCUT2D eigenvalue weighted by atomic mass is 79.9. The molecule has 1 aromatic heterocycles. The summed E-state index contributed by atoms with van der Waals surface area (Å²) in [5.41, 5.74) is 1.43. The minimum absolute atomic E-state index is 0.0309. The molecule has 5 rings (SSSR count). The number of aryl methyl sites for hydroxylation is 1. The van der Waals surface area contributed by atoms with E-state index in [1.54, 1.807) is 10.6 Å². The number of carbonyl (C=O) groups excluding carboxylic acids is 1. The molecular formula is C23H21BrN2O5. The van der Waals surface area contributed by atoms with Crippen molar-refractivity contribution in [3.63, 3.8) is 0 Å². The summed E-state index contributed by atoms with van der Waals surface area (Å²) in [7, 11) is 0. The fraction of sp³-hybridized carbons (Fsp3) is 0.348. The molecule has 2 heterocycles. The highest BCUT2D eigenvalue weighted by Crippen LogP contribution is 2.36. The minimum atomic E-state index is -0.341. The molecule has 31 heavy (non-hydrogen) atoms. The number of carbonyl (C=O) groups is 1. The Labute approximate surface area is 187 Å². The van der Waals surface area contributed by atoms with Crippen molar-refractivity contribution in [3.05, 3.63) is 62.6 Å². The molecule has 0 unspecified atom stereocenters. The van der Waals surface area contributed by atoms with Crippen molar-refractivity contribution in [2.75, 3.05) is 13.2 Å². The predicted molar refractivity (Wildman–Crippen MR) is 118 cm³/mol. The quantitative estimate of drug-likeness (QED) is 0.493. The van der Waals surface area contributed by atoms with E-state index in [4.69, 9.17) is 14.2 Å². The van der Waals surface area contributed by atoms with E-state index in [9.17, 15) is 9.59 Å². The first-order chi connectivity index (χ1) is 15.1. The normalized spacial score (nSPS) is 15.1. The van der Waals surface area contributed by atoms with Crippen LogP contribution in [0.15, 0.2) is 45.7 Å². The van der Waals surface area contributed by atoms with Gasteiger partial charge in [-0.05, 0) is 37.1 Å². The van der Waals surface area contributed by atoms with E-state index in [1.165, 1.54) is 0 Å². The highest BCUT2D eigenvalue weighted by Gasteiger charge is 2.28. The van der Waals surface area contributed by atoms with Crippen LogP contribution in [-0.2, 0) is 22.6 Å². The molecule has 8 heteroatoms. The van der Waals surface area contributed by atoms with Crippen LogP contribution in [0.4, 0.5) is 0 Å². The van der Waals surface area contributed by atoms with E-state index in [0.717, 1.165) is 22.9 Å². The Bertz CT molecular complexity index is 1220. The highest BCUT2D eigenvalue weighted by molar-refractivity contribution is 9.10. The summed E-state index contributed by atoms with van der Waals surface area (Å²) in [6, 6.07) is 11.2. The van der Waals surface area contributed by atoms with E-state index in [2.05, 4.69) is 20.9 Å². The van der Waals surface area contributed by atoms with Gasteiger partial charge in [-0.2, -0.15) is 0 Å². The second-order valence-corrected chi connectivity index (χ2v) is 8.55. The van der Waals surface area contributed by atoms with Crippen molar-refractivity contribution in [1.29, 1.82) is 0 Å². The Balaban J connectivity index is 1.28. The topological polar surface area (TPSA) is 79.7 Å². The monoisotopic (exact) mass is 484 g/mol. The lowest BCUT2D eigenvalue weighted by Crippen LogP contribution is -2.25. The van der Waals surface area contributed by atoms with E-state index < -0.39 is 0 Å². The van der Waals surface area contributed by atoms with Crippen LogP contribution in [0.25, 0.3) is 10.9 Å². The molecule has 160 valence electrons. The van der Waals surface area contributed by atoms with Crippen molar-refractivity contribution in [3.8, 4) is 11.5 Å². The van der Waals surface area contributed by atoms with Gasteiger partial charge in [-0.3, -0.25) is 14.2 Å². The van der Waals surface area contributed by atoms with E-state index in [0.29, 0.717) is 47.9 Å². The van der Waals surface area contributed by atoms with Crippen molar-refractivity contribution in [1.82, 2.24) is 9.55 Å². The lowest BCUT2D eigenvalue weighted by Gasteiger charge is -2.20. The molecule has 2 aliphatic rings. The maximum atomic E-state index is 12.9. The third kappa shape index (κ3) is 4.17. The maximum absolute atomic E-state index is 12.9. The molecule has 2 aromatic carbocycles. The molecule has 0 bridgehead atoms. The fourth-order valence-corrected chi connectivity index (χ4v) is 4.18. The molecule has 3 aromatic rings. The molecule has 7 nitrogen and oxygen atoms in total. The smallest absolute Gasteiger partial charge is 0.306 e. The van der Waals surface area contributed by atoms with Crippen molar-refractivity contribution in [2.24, 2.45) is 0 Å². The van der Waals surface area contributed by atoms with Crippen LogP contribution in [0.2, 0.25) is 0 Å². The van der Waals surface area contributed by atoms with E-state index >= 15 is 0 Å². The number of hydrogen-bond acceptors (Lipinski definition) is 6. The summed E-state index contributed by atoms with van der Waals surface area (Å²) in [4.78, 5) is 30.0. The maximum Gasteiger partial charge on any atom is 0.306 e. The van der Waals surface area contributed by atoms with Crippen molar-refractivity contribution >= 4 is 32.8 Å². The number of aromatic nitrogens is 2. The number of fused-ring (bicyclic) bond motifs is 2. The predicted octanol–water partition coefficient (Wildman–Crippen LogP) is 3.94. The van der Waals surface area contributed by atoms with Crippen LogP contribution in [0, 0.1) is 0 Å². The Morgan fingerprint density at radius 3 is 2.68 bits per heavy atom. The molecule has 1 fully saturated rings. The first-order valence-electron chi connectivity index (χ1n) is 10.3. The van der Waals surface area contributed by atoms with Gasteiger partial charge in [-0.1, -0.05) is 28.1 Å². The van der Waals surface area contributed by atoms with Gasteiger partial charge in [0.2, 0.25) is 0 Å². The Hall–Kier alpha value is -2.87. The molecule has 0 amide bonds. The summed E-state index contributed by atoms with van der Waals surface area (Å²) in [5.74, 6) is 1.62. The lowest BCUT2D eigenvalue weighted by molar-refractivity contribution is -0.145. The summed E-state index contributed by atoms with van der Waals surface area (Å²) in [6.45, 7) is 1.13. The average Bonchev–Trinajstić information content (AvgIpc) is 3.61. The van der Waals surface area contributed by atoms with Crippen molar-refractivity contribution in [2.45, 2.75) is 38.3 Å². The fourth-order valence-electron chi connectivity index (χ4n) is 3.74. The number of halogens is 1. The zero-order valence-corrected chi connectivity index (χ0v) is 18.4. The van der Waals surface area contributed by atoms with Gasteiger partial charge in [0, 0.05) is 22.5 Å². The molecule has 0 spiro atoms. The van der Waals surface area contributed by atoms with Gasteiger partial charge in [0.1, 0.15) is 25.6 Å². The van der Waals surface area contributed by atoms with Gasteiger partial charge in [-0.25, -0.2) is 4.98 Å². The van der Waals surface area contributed by atoms with Crippen LogP contribution >= 0.6 is 15.9 Å². The van der Waals surface area contributed by atoms with E-state index in [1.807, 2.05) is 30.3 Å².